The summed E-state index contributed by atoms with van der Waals surface area (Å²) in [6.07, 6.45) is 0.990. The van der Waals surface area contributed by atoms with E-state index in [1.807, 2.05) is 0 Å². The van der Waals surface area contributed by atoms with E-state index < -0.39 is 5.51 Å². The van der Waals surface area contributed by atoms with Gasteiger partial charge in [-0.2, -0.15) is 13.2 Å². The van der Waals surface area contributed by atoms with Crippen LogP contribution in [-0.2, 0) is 12.8 Å². The van der Waals surface area contributed by atoms with Crippen LogP contribution in [-0.4, -0.2) is 25.5 Å². The third-order valence-electron chi connectivity index (χ3n) is 4.37. The molecule has 0 heterocycles. The molecule has 0 amide bonds. The zero-order valence-corrected chi connectivity index (χ0v) is 15.0. The average Bonchev–Trinajstić information content (AvgIpc) is 2.90. The maximum Gasteiger partial charge on any atom is 0.446 e. The molecule has 1 aliphatic rings. The molecule has 0 saturated heterocycles. The number of fused-ring (bicyclic) bond motifs is 1. The van der Waals surface area contributed by atoms with Crippen molar-refractivity contribution in [1.82, 2.24) is 0 Å². The zero-order chi connectivity index (χ0) is 18.9. The second kappa shape index (κ2) is 7.23. The molecule has 0 aromatic heterocycles. The minimum absolute atomic E-state index is 0.0229. The molecule has 0 bridgehead atoms. The predicted octanol–water partition coefficient (Wildman–Crippen LogP) is 4.91. The highest BCUT2D eigenvalue weighted by Crippen LogP contribution is 2.41. The number of thioether (sulfide) groups is 1. The number of benzene rings is 2. The van der Waals surface area contributed by atoms with Gasteiger partial charge in [-0.15, -0.1) is 0 Å². The molecular weight excluding hydrogens is 365 g/mol. The van der Waals surface area contributed by atoms with Gasteiger partial charge in [0.1, 0.15) is 0 Å². The van der Waals surface area contributed by atoms with Crippen molar-refractivity contribution in [3.05, 3.63) is 53.1 Å². The van der Waals surface area contributed by atoms with Gasteiger partial charge in [0.25, 0.3) is 0 Å². The summed E-state index contributed by atoms with van der Waals surface area (Å²) >= 11 is -0.146. The molecular formula is C19H17F3O3S. The Morgan fingerprint density at radius 3 is 2.35 bits per heavy atom. The summed E-state index contributed by atoms with van der Waals surface area (Å²) in [5.74, 6) is 0.910. The molecule has 3 nitrogen and oxygen atoms in total. The number of alkyl halides is 3. The van der Waals surface area contributed by atoms with Gasteiger partial charge in [-0.05, 0) is 54.4 Å². The summed E-state index contributed by atoms with van der Waals surface area (Å²) in [6.45, 7) is 0. The van der Waals surface area contributed by atoms with Gasteiger partial charge in [-0.3, -0.25) is 4.79 Å². The van der Waals surface area contributed by atoms with Crippen LogP contribution in [0.1, 0.15) is 21.5 Å². The lowest BCUT2D eigenvalue weighted by molar-refractivity contribution is -0.0328. The summed E-state index contributed by atoms with van der Waals surface area (Å²) in [7, 11) is 3.08. The number of hydrogen-bond donors (Lipinski definition) is 0. The van der Waals surface area contributed by atoms with Crippen LogP contribution < -0.4 is 9.47 Å². The molecule has 0 N–H and O–H groups in total. The van der Waals surface area contributed by atoms with Crippen LogP contribution in [0.15, 0.2) is 41.3 Å². The molecule has 26 heavy (non-hydrogen) atoms. The maximum absolute atomic E-state index is 12.7. The molecule has 7 heteroatoms. The number of Topliss-reactive ketones (excluding diaryl/α,β-unsaturated/α-hetero) is 1. The number of carbonyl (C=O) groups excluding carboxylic acids is 1. The first kappa shape index (κ1) is 18.6. The summed E-state index contributed by atoms with van der Waals surface area (Å²) in [5.41, 5.74) is -2.03. The van der Waals surface area contributed by atoms with E-state index in [1.165, 1.54) is 19.2 Å². The van der Waals surface area contributed by atoms with Gasteiger partial charge in [0.2, 0.25) is 0 Å². The largest absolute Gasteiger partial charge is 0.493 e. The maximum atomic E-state index is 12.7. The highest BCUT2D eigenvalue weighted by molar-refractivity contribution is 8.00. The Labute approximate surface area is 153 Å². The van der Waals surface area contributed by atoms with Crippen LogP contribution in [0.4, 0.5) is 13.2 Å². The quantitative estimate of drug-likeness (QED) is 0.688. The second-order valence-corrected chi connectivity index (χ2v) is 7.13. The van der Waals surface area contributed by atoms with Crippen molar-refractivity contribution >= 4 is 17.5 Å². The normalized spacial score (nSPS) is 16.5. The Morgan fingerprint density at radius 1 is 1.08 bits per heavy atom. The molecule has 0 aliphatic heterocycles. The second-order valence-electron chi connectivity index (χ2n) is 5.99. The third kappa shape index (κ3) is 3.82. The van der Waals surface area contributed by atoms with Gasteiger partial charge in [0, 0.05) is 21.9 Å². The van der Waals surface area contributed by atoms with E-state index in [-0.39, 0.29) is 28.4 Å². The van der Waals surface area contributed by atoms with E-state index in [9.17, 15) is 18.0 Å². The lowest BCUT2D eigenvalue weighted by Gasteiger charge is -2.11. The van der Waals surface area contributed by atoms with E-state index in [4.69, 9.17) is 9.47 Å². The number of hydrogen-bond acceptors (Lipinski definition) is 4. The number of halogens is 3. The number of rotatable bonds is 5. The third-order valence-corrected chi connectivity index (χ3v) is 5.11. The lowest BCUT2D eigenvalue weighted by atomic mass is 9.96. The van der Waals surface area contributed by atoms with Crippen LogP contribution in [0.25, 0.3) is 0 Å². The zero-order valence-electron chi connectivity index (χ0n) is 14.2. The minimum Gasteiger partial charge on any atom is -0.493 e. The molecule has 0 radical (unpaired) electrons. The number of methoxy groups -OCH3 is 2. The van der Waals surface area contributed by atoms with Crippen molar-refractivity contribution in [2.24, 2.45) is 5.92 Å². The molecule has 2 aromatic rings. The highest BCUT2D eigenvalue weighted by Gasteiger charge is 2.34. The number of carbonyl (C=O) groups is 1. The van der Waals surface area contributed by atoms with Gasteiger partial charge < -0.3 is 9.47 Å². The fraction of sp³-hybridized carbons (Fsp3) is 0.316. The standard InChI is InChI=1S/C19H17F3O3S/c1-24-16-8-7-14-15(18(16)25-2)10-12(17(14)23)9-11-3-5-13(6-4-11)26-19(20,21)22/h3-8,12H,9-10H2,1-2H3. The summed E-state index contributed by atoms with van der Waals surface area (Å²) in [4.78, 5) is 12.8. The van der Waals surface area contributed by atoms with Crippen molar-refractivity contribution in [3.63, 3.8) is 0 Å². The molecule has 0 saturated carbocycles. The summed E-state index contributed by atoms with van der Waals surface area (Å²) in [5, 5.41) is 0. The molecule has 1 aliphatic carbocycles. The molecule has 1 unspecified atom stereocenters. The van der Waals surface area contributed by atoms with Gasteiger partial charge in [-0.1, -0.05) is 12.1 Å². The molecule has 0 spiro atoms. The Morgan fingerprint density at radius 2 is 1.77 bits per heavy atom. The van der Waals surface area contributed by atoms with Gasteiger partial charge >= 0.3 is 5.51 Å². The fourth-order valence-electron chi connectivity index (χ4n) is 3.26. The van der Waals surface area contributed by atoms with E-state index in [0.717, 1.165) is 11.1 Å². The first-order valence-electron chi connectivity index (χ1n) is 7.95. The van der Waals surface area contributed by atoms with Crippen LogP contribution >= 0.6 is 11.8 Å². The van der Waals surface area contributed by atoms with Crippen molar-refractivity contribution < 1.29 is 27.4 Å². The molecule has 3 rings (SSSR count). The molecule has 138 valence electrons. The van der Waals surface area contributed by atoms with Gasteiger partial charge in [-0.25, -0.2) is 0 Å². The molecule has 0 fully saturated rings. The first-order valence-corrected chi connectivity index (χ1v) is 8.76. The van der Waals surface area contributed by atoms with Crippen LogP contribution in [0.5, 0.6) is 11.5 Å². The van der Waals surface area contributed by atoms with E-state index in [1.54, 1.807) is 31.4 Å². The Hall–Kier alpha value is -2.15. The Kier molecular flexibility index (Phi) is 5.18. The van der Waals surface area contributed by atoms with E-state index >= 15 is 0 Å². The number of ketones is 1. The SMILES string of the molecule is COc1ccc2c(c1OC)CC(Cc1ccc(SC(F)(F)F)cc1)C2=O. The number of ether oxygens (including phenoxy) is 2. The Balaban J connectivity index is 1.76. The average molecular weight is 382 g/mol. The smallest absolute Gasteiger partial charge is 0.446 e. The van der Waals surface area contributed by atoms with Gasteiger partial charge in [0.05, 0.1) is 14.2 Å². The summed E-state index contributed by atoms with van der Waals surface area (Å²) in [6, 6.07) is 9.60. The van der Waals surface area contributed by atoms with Crippen molar-refractivity contribution in [2.75, 3.05) is 14.2 Å². The lowest BCUT2D eigenvalue weighted by Crippen LogP contribution is -2.12. The van der Waals surface area contributed by atoms with E-state index in [2.05, 4.69) is 0 Å². The van der Waals surface area contributed by atoms with Crippen LogP contribution in [0.3, 0.4) is 0 Å². The first-order chi connectivity index (χ1) is 12.3. The van der Waals surface area contributed by atoms with Crippen molar-refractivity contribution in [3.8, 4) is 11.5 Å². The highest BCUT2D eigenvalue weighted by atomic mass is 32.2. The van der Waals surface area contributed by atoms with Crippen LogP contribution in [0, 0.1) is 5.92 Å². The van der Waals surface area contributed by atoms with Crippen LogP contribution in [0.2, 0.25) is 0 Å². The van der Waals surface area contributed by atoms with E-state index in [0.29, 0.717) is 29.9 Å². The monoisotopic (exact) mass is 382 g/mol. The van der Waals surface area contributed by atoms with Crippen molar-refractivity contribution in [1.29, 1.82) is 0 Å². The van der Waals surface area contributed by atoms with Gasteiger partial charge in [0.15, 0.2) is 17.3 Å². The minimum atomic E-state index is -4.31. The fourth-order valence-corrected chi connectivity index (χ4v) is 3.80. The molecule has 1 atom stereocenters. The molecule has 2 aromatic carbocycles. The topological polar surface area (TPSA) is 35.5 Å². The predicted molar refractivity (Wildman–Crippen MR) is 93.1 cm³/mol. The Bertz CT molecular complexity index is 816. The van der Waals surface area contributed by atoms with Crippen molar-refractivity contribution in [2.45, 2.75) is 23.2 Å². The summed E-state index contributed by atoms with van der Waals surface area (Å²) < 4.78 is 47.9.